The van der Waals surface area contributed by atoms with Gasteiger partial charge >= 0.3 is 6.16 Å². The maximum absolute atomic E-state index is 11.0. The van der Waals surface area contributed by atoms with Gasteiger partial charge in [-0.25, -0.2) is 4.79 Å². The molecular formula is C20H24O4. The van der Waals surface area contributed by atoms with Gasteiger partial charge in [0, 0.05) is 18.1 Å². The van der Waals surface area contributed by atoms with Crippen LogP contribution in [0.1, 0.15) is 44.2 Å². The highest BCUT2D eigenvalue weighted by molar-refractivity contribution is 5.62. The molecule has 4 heteroatoms. The summed E-state index contributed by atoms with van der Waals surface area (Å²) in [6.45, 7) is 6.63. The zero-order valence-electron chi connectivity index (χ0n) is 14.4. The minimum absolute atomic E-state index is 0.00380. The van der Waals surface area contributed by atoms with E-state index < -0.39 is 6.16 Å². The second-order valence-electron chi connectivity index (χ2n) is 6.62. The monoisotopic (exact) mass is 328 g/mol. The average Bonchev–Trinajstić information content (AvgIpc) is 2.52. The Hall–Kier alpha value is -2.33. The lowest BCUT2D eigenvalue weighted by atomic mass is 9.88. The number of hydrogen-bond donors (Lipinski definition) is 1. The zero-order valence-corrected chi connectivity index (χ0v) is 14.4. The molecule has 1 unspecified atom stereocenters. The molecule has 0 heterocycles. The first-order chi connectivity index (χ1) is 11.4. The van der Waals surface area contributed by atoms with Crippen LogP contribution in [0.2, 0.25) is 0 Å². The van der Waals surface area contributed by atoms with Crippen LogP contribution in [-0.4, -0.2) is 23.5 Å². The summed E-state index contributed by atoms with van der Waals surface area (Å²) in [5.74, 6) is 0.374. The van der Waals surface area contributed by atoms with Crippen molar-refractivity contribution in [3.8, 4) is 5.75 Å². The Morgan fingerprint density at radius 2 is 1.67 bits per heavy atom. The molecule has 0 saturated heterocycles. The molecule has 0 aromatic heterocycles. The van der Waals surface area contributed by atoms with Crippen LogP contribution in [0.15, 0.2) is 54.6 Å². The Morgan fingerprint density at radius 1 is 1.04 bits per heavy atom. The maximum atomic E-state index is 11.0. The molecular weight excluding hydrogens is 304 g/mol. The van der Waals surface area contributed by atoms with Gasteiger partial charge in [-0.3, -0.25) is 0 Å². The van der Waals surface area contributed by atoms with Crippen molar-refractivity contribution in [3.05, 3.63) is 65.7 Å². The molecule has 0 bridgehead atoms. The molecule has 0 spiro atoms. The third-order valence-corrected chi connectivity index (χ3v) is 3.64. The molecule has 1 atom stereocenters. The number of carboxylic acid groups (broad SMARTS) is 1. The summed E-state index contributed by atoms with van der Waals surface area (Å²) in [7, 11) is 0. The van der Waals surface area contributed by atoms with Crippen LogP contribution in [0.5, 0.6) is 5.75 Å². The van der Waals surface area contributed by atoms with E-state index in [1.54, 1.807) is 12.1 Å². The van der Waals surface area contributed by atoms with E-state index in [-0.39, 0.29) is 11.5 Å². The number of carbonyl (C=O) groups is 1. The molecule has 0 fully saturated rings. The Balaban J connectivity index is 2.31. The Kier molecular flexibility index (Phi) is 5.99. The van der Waals surface area contributed by atoms with Gasteiger partial charge in [0.25, 0.3) is 0 Å². The number of rotatable bonds is 6. The van der Waals surface area contributed by atoms with Gasteiger partial charge in [0.1, 0.15) is 5.75 Å². The molecule has 24 heavy (non-hydrogen) atoms. The number of hydrogen-bond acceptors (Lipinski definition) is 3. The average molecular weight is 328 g/mol. The fourth-order valence-corrected chi connectivity index (χ4v) is 2.63. The van der Waals surface area contributed by atoms with Crippen LogP contribution in [0, 0.1) is 0 Å². The van der Waals surface area contributed by atoms with E-state index in [1.807, 2.05) is 63.2 Å². The first-order valence-corrected chi connectivity index (χ1v) is 8.05. The van der Waals surface area contributed by atoms with Crippen molar-refractivity contribution in [2.45, 2.75) is 38.7 Å². The Morgan fingerprint density at radius 3 is 2.29 bits per heavy atom. The highest BCUT2D eigenvalue weighted by atomic mass is 16.7. The van der Waals surface area contributed by atoms with Gasteiger partial charge in [0.05, 0.1) is 5.60 Å². The van der Waals surface area contributed by atoms with Crippen molar-refractivity contribution in [1.82, 2.24) is 0 Å². The molecule has 4 nitrogen and oxygen atoms in total. The second-order valence-corrected chi connectivity index (χ2v) is 6.62. The van der Waals surface area contributed by atoms with E-state index in [0.717, 1.165) is 17.5 Å². The minimum atomic E-state index is -1.31. The van der Waals surface area contributed by atoms with Crippen molar-refractivity contribution in [3.63, 3.8) is 0 Å². The van der Waals surface area contributed by atoms with Crippen LogP contribution >= 0.6 is 0 Å². The third kappa shape index (κ3) is 5.39. The molecule has 2 rings (SSSR count). The van der Waals surface area contributed by atoms with E-state index in [2.05, 4.69) is 0 Å². The Bertz CT molecular complexity index is 659. The summed E-state index contributed by atoms with van der Waals surface area (Å²) in [5.41, 5.74) is 1.75. The van der Waals surface area contributed by atoms with Gasteiger partial charge in [-0.2, -0.15) is 0 Å². The fourth-order valence-electron chi connectivity index (χ4n) is 2.63. The largest absolute Gasteiger partial charge is 0.511 e. The molecule has 0 radical (unpaired) electrons. The lowest BCUT2D eigenvalue weighted by molar-refractivity contribution is -0.00524. The normalized spacial score (nSPS) is 12.6. The van der Waals surface area contributed by atoms with Crippen LogP contribution in [0.4, 0.5) is 4.79 Å². The van der Waals surface area contributed by atoms with Crippen LogP contribution in [0.25, 0.3) is 0 Å². The molecule has 2 aromatic carbocycles. The fraction of sp³-hybridized carbons (Fsp3) is 0.350. The van der Waals surface area contributed by atoms with Gasteiger partial charge in [0.2, 0.25) is 0 Å². The topological polar surface area (TPSA) is 55.8 Å². The van der Waals surface area contributed by atoms with E-state index in [0.29, 0.717) is 12.4 Å². The molecule has 128 valence electrons. The third-order valence-electron chi connectivity index (χ3n) is 3.64. The summed E-state index contributed by atoms with van der Waals surface area (Å²) in [6, 6.07) is 17.3. The van der Waals surface area contributed by atoms with E-state index in [1.165, 1.54) is 0 Å². The molecule has 0 aliphatic rings. The highest BCUT2D eigenvalue weighted by Gasteiger charge is 2.20. The van der Waals surface area contributed by atoms with Crippen molar-refractivity contribution >= 4 is 6.16 Å². The molecule has 0 amide bonds. The summed E-state index contributed by atoms with van der Waals surface area (Å²) in [4.78, 5) is 11.0. The summed E-state index contributed by atoms with van der Waals surface area (Å²) in [6.07, 6.45) is -0.568. The molecule has 0 aliphatic heterocycles. The maximum Gasteiger partial charge on any atom is 0.511 e. The van der Waals surface area contributed by atoms with Crippen molar-refractivity contribution in [2.75, 3.05) is 6.61 Å². The lowest BCUT2D eigenvalue weighted by Gasteiger charge is -2.24. The second kappa shape index (κ2) is 7.97. The van der Waals surface area contributed by atoms with Crippen molar-refractivity contribution in [1.29, 1.82) is 0 Å². The standard InChI is InChI=1S/C20H24O4/c1-20(2,3)23-14-13-16(15-9-5-4-6-10-15)17-11-7-8-12-18(17)24-19(21)22/h4-12,16H,13-14H2,1-3H3,(H,21,22). The first kappa shape index (κ1) is 18.0. The van der Waals surface area contributed by atoms with Gasteiger partial charge in [-0.05, 0) is 38.8 Å². The molecule has 1 N–H and O–H groups in total. The Labute approximate surface area is 143 Å². The summed E-state index contributed by atoms with van der Waals surface area (Å²) < 4.78 is 10.8. The van der Waals surface area contributed by atoms with Gasteiger partial charge in [-0.1, -0.05) is 48.5 Å². The quantitative estimate of drug-likeness (QED) is 0.593. The van der Waals surface area contributed by atoms with Crippen LogP contribution in [0.3, 0.4) is 0 Å². The lowest BCUT2D eigenvalue weighted by Crippen LogP contribution is -2.21. The highest BCUT2D eigenvalue weighted by Crippen LogP contribution is 2.34. The number of para-hydroxylation sites is 1. The summed E-state index contributed by atoms with van der Waals surface area (Å²) in [5, 5.41) is 8.98. The zero-order chi connectivity index (χ0) is 17.6. The van der Waals surface area contributed by atoms with Gasteiger partial charge in [-0.15, -0.1) is 0 Å². The van der Waals surface area contributed by atoms with E-state index in [9.17, 15) is 4.79 Å². The molecule has 0 saturated carbocycles. The van der Waals surface area contributed by atoms with E-state index in [4.69, 9.17) is 14.6 Å². The van der Waals surface area contributed by atoms with E-state index >= 15 is 0 Å². The first-order valence-electron chi connectivity index (χ1n) is 8.05. The van der Waals surface area contributed by atoms with Crippen molar-refractivity contribution in [2.24, 2.45) is 0 Å². The summed E-state index contributed by atoms with van der Waals surface area (Å²) >= 11 is 0. The van der Waals surface area contributed by atoms with Gasteiger partial charge in [0.15, 0.2) is 0 Å². The number of benzene rings is 2. The predicted molar refractivity (Wildman–Crippen MR) is 93.7 cm³/mol. The van der Waals surface area contributed by atoms with Crippen molar-refractivity contribution < 1.29 is 19.4 Å². The number of ether oxygens (including phenoxy) is 2. The predicted octanol–water partition coefficient (Wildman–Crippen LogP) is 5.08. The van der Waals surface area contributed by atoms with Crippen LogP contribution in [-0.2, 0) is 4.74 Å². The molecule has 0 aliphatic carbocycles. The SMILES string of the molecule is CC(C)(C)OCCC(c1ccccc1)c1ccccc1OC(=O)O. The smallest absolute Gasteiger partial charge is 0.449 e. The minimum Gasteiger partial charge on any atom is -0.449 e. The van der Waals surface area contributed by atoms with Gasteiger partial charge < -0.3 is 14.6 Å². The molecule has 2 aromatic rings. The van der Waals surface area contributed by atoms with Crippen LogP contribution < -0.4 is 4.74 Å².